The molecule has 112 valence electrons. The van der Waals surface area contributed by atoms with E-state index in [0.29, 0.717) is 18.5 Å². The summed E-state index contributed by atoms with van der Waals surface area (Å²) in [5, 5.41) is 11.4. The van der Waals surface area contributed by atoms with Crippen molar-refractivity contribution in [1.82, 2.24) is 10.3 Å². The van der Waals surface area contributed by atoms with Crippen molar-refractivity contribution in [3.8, 4) is 0 Å². The molecule has 0 unspecified atom stereocenters. The largest absolute Gasteiger partial charge is 0.481 e. The van der Waals surface area contributed by atoms with E-state index < -0.39 is 5.97 Å². The van der Waals surface area contributed by atoms with Gasteiger partial charge in [0.05, 0.1) is 15.7 Å². The number of nitrogens with zero attached hydrogens (tertiary/aromatic N) is 1. The highest BCUT2D eigenvalue weighted by molar-refractivity contribution is 7.16. The zero-order valence-electron chi connectivity index (χ0n) is 11.7. The summed E-state index contributed by atoms with van der Waals surface area (Å²) in [7, 11) is 0. The first-order chi connectivity index (χ1) is 10.2. The molecule has 21 heavy (non-hydrogen) atoms. The maximum absolute atomic E-state index is 12.0. The Bertz CT molecular complexity index is 624. The summed E-state index contributed by atoms with van der Waals surface area (Å²) >= 11 is 1.52. The van der Waals surface area contributed by atoms with Gasteiger partial charge in [-0.2, -0.15) is 0 Å². The molecule has 0 aliphatic heterocycles. The van der Waals surface area contributed by atoms with E-state index in [2.05, 4.69) is 10.3 Å². The highest BCUT2D eigenvalue weighted by atomic mass is 32.1. The zero-order chi connectivity index (χ0) is 15.1. The van der Waals surface area contributed by atoms with Crippen molar-refractivity contribution in [2.75, 3.05) is 6.54 Å². The van der Waals surface area contributed by atoms with Crippen molar-refractivity contribution in [2.45, 2.75) is 32.1 Å². The highest BCUT2D eigenvalue weighted by Crippen LogP contribution is 2.18. The molecular formula is C15H18N2O3S. The van der Waals surface area contributed by atoms with Crippen molar-refractivity contribution in [3.63, 3.8) is 0 Å². The molecule has 5 nitrogen and oxygen atoms in total. The van der Waals surface area contributed by atoms with Crippen LogP contribution < -0.4 is 5.32 Å². The Morgan fingerprint density at radius 2 is 2.00 bits per heavy atom. The number of carbonyl (C=O) groups is 2. The van der Waals surface area contributed by atoms with Crippen LogP contribution in [0.5, 0.6) is 0 Å². The first-order valence-corrected chi connectivity index (χ1v) is 7.88. The average molecular weight is 306 g/mol. The fourth-order valence-corrected chi connectivity index (χ4v) is 2.77. The van der Waals surface area contributed by atoms with E-state index in [-0.39, 0.29) is 12.3 Å². The standard InChI is InChI=1S/C15H18N2O3S/c18-14(19)5-3-1-2-4-8-16-15(20)11-6-7-12-13(9-11)21-10-17-12/h6-7,9-10H,1-5,8H2,(H,16,20)(H,18,19). The summed E-state index contributed by atoms with van der Waals surface area (Å²) in [6.45, 7) is 0.618. The Labute approximate surface area is 127 Å². The second-order valence-corrected chi connectivity index (χ2v) is 5.74. The van der Waals surface area contributed by atoms with Gasteiger partial charge in [0.1, 0.15) is 0 Å². The molecule has 1 amide bonds. The normalized spacial score (nSPS) is 10.7. The van der Waals surface area contributed by atoms with E-state index in [1.54, 1.807) is 11.6 Å². The second-order valence-electron chi connectivity index (χ2n) is 4.85. The highest BCUT2D eigenvalue weighted by Gasteiger charge is 2.06. The number of amides is 1. The average Bonchev–Trinajstić information content (AvgIpc) is 2.93. The van der Waals surface area contributed by atoms with Gasteiger partial charge < -0.3 is 10.4 Å². The van der Waals surface area contributed by atoms with Gasteiger partial charge in [-0.15, -0.1) is 11.3 Å². The van der Waals surface area contributed by atoms with Gasteiger partial charge in [0.2, 0.25) is 0 Å². The van der Waals surface area contributed by atoms with Crippen LogP contribution in [0.2, 0.25) is 0 Å². The monoisotopic (exact) mass is 306 g/mol. The van der Waals surface area contributed by atoms with E-state index in [0.717, 1.165) is 29.5 Å². The van der Waals surface area contributed by atoms with Gasteiger partial charge in [0.25, 0.3) is 5.91 Å². The second kappa shape index (κ2) is 7.73. The number of unbranched alkanes of at least 4 members (excludes halogenated alkanes) is 3. The van der Waals surface area contributed by atoms with Gasteiger partial charge in [-0.3, -0.25) is 9.59 Å². The van der Waals surface area contributed by atoms with E-state index in [4.69, 9.17) is 5.11 Å². The molecule has 0 spiro atoms. The summed E-state index contributed by atoms with van der Waals surface area (Å²) in [6, 6.07) is 5.49. The summed E-state index contributed by atoms with van der Waals surface area (Å²) < 4.78 is 1.01. The lowest BCUT2D eigenvalue weighted by molar-refractivity contribution is -0.137. The molecule has 2 aromatic rings. The Morgan fingerprint density at radius 1 is 1.19 bits per heavy atom. The minimum atomic E-state index is -0.748. The van der Waals surface area contributed by atoms with Crippen molar-refractivity contribution in [3.05, 3.63) is 29.3 Å². The van der Waals surface area contributed by atoms with Crippen LogP contribution in [-0.4, -0.2) is 28.5 Å². The topological polar surface area (TPSA) is 79.3 Å². The number of carboxylic acids is 1. The Kier molecular flexibility index (Phi) is 5.68. The Morgan fingerprint density at radius 3 is 2.81 bits per heavy atom. The van der Waals surface area contributed by atoms with Crippen molar-refractivity contribution >= 4 is 33.4 Å². The molecule has 0 saturated heterocycles. The minimum Gasteiger partial charge on any atom is -0.481 e. The third-order valence-corrected chi connectivity index (χ3v) is 3.99. The van der Waals surface area contributed by atoms with Crippen LogP contribution in [0.3, 0.4) is 0 Å². The number of aromatic nitrogens is 1. The first-order valence-electron chi connectivity index (χ1n) is 7.00. The van der Waals surface area contributed by atoms with Gasteiger partial charge in [0, 0.05) is 18.5 Å². The van der Waals surface area contributed by atoms with Gasteiger partial charge in [-0.05, 0) is 31.0 Å². The summed E-state index contributed by atoms with van der Waals surface area (Å²) in [5.74, 6) is -0.822. The lowest BCUT2D eigenvalue weighted by Gasteiger charge is -2.05. The maximum Gasteiger partial charge on any atom is 0.303 e. The number of rotatable bonds is 8. The van der Waals surface area contributed by atoms with Crippen LogP contribution >= 0.6 is 11.3 Å². The number of hydrogen-bond donors (Lipinski definition) is 2. The number of fused-ring (bicyclic) bond motifs is 1. The predicted molar refractivity (Wildman–Crippen MR) is 82.7 cm³/mol. The molecule has 6 heteroatoms. The molecule has 2 rings (SSSR count). The number of hydrogen-bond acceptors (Lipinski definition) is 4. The minimum absolute atomic E-state index is 0.0733. The number of carboxylic acid groups (broad SMARTS) is 1. The molecule has 0 aliphatic rings. The van der Waals surface area contributed by atoms with E-state index >= 15 is 0 Å². The third kappa shape index (κ3) is 4.82. The first kappa shape index (κ1) is 15.4. The van der Waals surface area contributed by atoms with Gasteiger partial charge in [0.15, 0.2) is 0 Å². The SMILES string of the molecule is O=C(O)CCCCCCNC(=O)c1ccc2ncsc2c1. The summed E-state index contributed by atoms with van der Waals surface area (Å²) in [4.78, 5) is 26.5. The quantitative estimate of drug-likeness (QED) is 0.735. The van der Waals surface area contributed by atoms with Gasteiger partial charge in [-0.25, -0.2) is 4.98 Å². The lowest BCUT2D eigenvalue weighted by Crippen LogP contribution is -2.24. The molecule has 0 saturated carbocycles. The van der Waals surface area contributed by atoms with Crippen LogP contribution in [0.4, 0.5) is 0 Å². The smallest absolute Gasteiger partial charge is 0.303 e. The van der Waals surface area contributed by atoms with E-state index in [1.165, 1.54) is 11.3 Å². The van der Waals surface area contributed by atoms with Crippen molar-refractivity contribution < 1.29 is 14.7 Å². The van der Waals surface area contributed by atoms with Crippen LogP contribution in [0.25, 0.3) is 10.2 Å². The van der Waals surface area contributed by atoms with Crippen LogP contribution in [0.1, 0.15) is 42.5 Å². The molecule has 2 N–H and O–H groups in total. The predicted octanol–water partition coefficient (Wildman–Crippen LogP) is 3.06. The molecule has 1 heterocycles. The molecule has 0 atom stereocenters. The van der Waals surface area contributed by atoms with Gasteiger partial charge in [-0.1, -0.05) is 12.8 Å². The van der Waals surface area contributed by atoms with E-state index in [1.807, 2.05) is 12.1 Å². The molecule has 0 aliphatic carbocycles. The number of thiazole rings is 1. The van der Waals surface area contributed by atoms with E-state index in [9.17, 15) is 9.59 Å². The van der Waals surface area contributed by atoms with Crippen LogP contribution in [0.15, 0.2) is 23.7 Å². The van der Waals surface area contributed by atoms with Crippen LogP contribution in [-0.2, 0) is 4.79 Å². The number of nitrogens with one attached hydrogen (secondary N) is 1. The number of carbonyl (C=O) groups excluding carboxylic acids is 1. The Hall–Kier alpha value is -1.95. The van der Waals surface area contributed by atoms with Crippen LogP contribution in [0, 0.1) is 0 Å². The summed E-state index contributed by atoms with van der Waals surface area (Å²) in [5.41, 5.74) is 3.33. The number of benzene rings is 1. The molecular weight excluding hydrogens is 288 g/mol. The fraction of sp³-hybridized carbons (Fsp3) is 0.400. The lowest BCUT2D eigenvalue weighted by atomic mass is 10.1. The molecule has 0 bridgehead atoms. The third-order valence-electron chi connectivity index (χ3n) is 3.20. The van der Waals surface area contributed by atoms with Crippen molar-refractivity contribution in [2.24, 2.45) is 0 Å². The molecule has 1 aromatic carbocycles. The van der Waals surface area contributed by atoms with Gasteiger partial charge >= 0.3 is 5.97 Å². The summed E-state index contributed by atoms with van der Waals surface area (Å²) in [6.07, 6.45) is 3.61. The molecule has 1 aromatic heterocycles. The fourth-order valence-electron chi connectivity index (χ4n) is 2.06. The number of aliphatic carboxylic acids is 1. The molecule has 0 radical (unpaired) electrons. The zero-order valence-corrected chi connectivity index (χ0v) is 12.5. The van der Waals surface area contributed by atoms with Crippen molar-refractivity contribution in [1.29, 1.82) is 0 Å². The Balaban J connectivity index is 1.68. The maximum atomic E-state index is 12.0. The molecule has 0 fully saturated rings.